The van der Waals surface area contributed by atoms with E-state index < -0.39 is 11.7 Å². The average molecular weight is 393 g/mol. The van der Waals surface area contributed by atoms with Crippen molar-refractivity contribution < 1.29 is 27.5 Å². The Morgan fingerprint density at radius 2 is 1.71 bits per heavy atom. The predicted molar refractivity (Wildman–Crippen MR) is 98.0 cm³/mol. The van der Waals surface area contributed by atoms with E-state index in [1.165, 1.54) is 12.1 Å². The standard InChI is InChI=1S/C19H18F3N3O3/c1-13(15-4-8-17(9-5-15)26-11-18(24)27-12-23)25-28-10-14-2-6-16(7-3-14)19(20,21)22/h2-9,12,23-24H,10-11H2,1H3/b23-12?,24-18?,25-13+. The maximum absolute atomic E-state index is 12.5. The van der Waals surface area contributed by atoms with Crippen molar-refractivity contribution in [1.29, 1.82) is 10.8 Å². The third-order valence-corrected chi connectivity index (χ3v) is 3.56. The van der Waals surface area contributed by atoms with Crippen LogP contribution in [0.25, 0.3) is 0 Å². The molecular weight excluding hydrogens is 375 g/mol. The second kappa shape index (κ2) is 9.54. The lowest BCUT2D eigenvalue weighted by molar-refractivity contribution is -0.137. The predicted octanol–water partition coefficient (Wildman–Crippen LogP) is 4.63. The molecule has 6 nitrogen and oxygen atoms in total. The minimum atomic E-state index is -4.36. The molecule has 0 bridgehead atoms. The number of nitrogens with zero attached hydrogens (tertiary/aromatic N) is 1. The van der Waals surface area contributed by atoms with Crippen molar-refractivity contribution in [3.63, 3.8) is 0 Å². The lowest BCUT2D eigenvalue weighted by atomic mass is 10.1. The Balaban J connectivity index is 1.87. The van der Waals surface area contributed by atoms with Crippen molar-refractivity contribution in [2.75, 3.05) is 6.61 Å². The summed E-state index contributed by atoms with van der Waals surface area (Å²) in [6.07, 6.45) is -3.71. The second-order valence-electron chi connectivity index (χ2n) is 5.62. The molecule has 0 saturated carbocycles. The highest BCUT2D eigenvalue weighted by Crippen LogP contribution is 2.29. The van der Waals surface area contributed by atoms with Crippen LogP contribution in [0.4, 0.5) is 13.2 Å². The molecule has 0 aliphatic carbocycles. The maximum Gasteiger partial charge on any atom is 0.416 e. The topological polar surface area (TPSA) is 87.8 Å². The van der Waals surface area contributed by atoms with E-state index in [1.54, 1.807) is 31.2 Å². The van der Waals surface area contributed by atoms with Crippen molar-refractivity contribution in [2.45, 2.75) is 19.7 Å². The van der Waals surface area contributed by atoms with E-state index in [4.69, 9.17) is 20.4 Å². The Kier molecular flexibility index (Phi) is 7.14. The number of rotatable bonds is 8. The van der Waals surface area contributed by atoms with Crippen molar-refractivity contribution in [3.8, 4) is 5.75 Å². The molecule has 2 aromatic carbocycles. The van der Waals surface area contributed by atoms with Gasteiger partial charge in [-0.15, -0.1) is 0 Å². The zero-order valence-corrected chi connectivity index (χ0v) is 14.9. The Bertz CT molecular complexity index is 832. The number of hydrogen-bond acceptors (Lipinski definition) is 6. The fraction of sp³-hybridized carbons (Fsp3) is 0.211. The number of ether oxygens (including phenoxy) is 2. The summed E-state index contributed by atoms with van der Waals surface area (Å²) in [5, 5.41) is 18.0. The van der Waals surface area contributed by atoms with Crippen molar-refractivity contribution in [3.05, 3.63) is 65.2 Å². The normalized spacial score (nSPS) is 11.6. The van der Waals surface area contributed by atoms with Crippen LogP contribution in [0.15, 0.2) is 53.7 Å². The Hall–Kier alpha value is -3.36. The fourth-order valence-corrected chi connectivity index (χ4v) is 2.09. The lowest BCUT2D eigenvalue weighted by Crippen LogP contribution is -2.12. The minimum absolute atomic E-state index is 0.0474. The van der Waals surface area contributed by atoms with E-state index in [9.17, 15) is 13.2 Å². The molecule has 148 valence electrons. The zero-order valence-electron chi connectivity index (χ0n) is 14.9. The van der Waals surface area contributed by atoms with E-state index in [2.05, 4.69) is 9.89 Å². The van der Waals surface area contributed by atoms with E-state index in [1.807, 2.05) is 0 Å². The quantitative estimate of drug-likeness (QED) is 0.390. The first-order valence-electron chi connectivity index (χ1n) is 8.08. The van der Waals surface area contributed by atoms with Gasteiger partial charge in [0, 0.05) is 0 Å². The summed E-state index contributed by atoms with van der Waals surface area (Å²) in [5.41, 5.74) is 1.21. The molecule has 0 aliphatic heterocycles. The molecule has 0 aliphatic rings. The third-order valence-electron chi connectivity index (χ3n) is 3.56. The van der Waals surface area contributed by atoms with Crippen LogP contribution < -0.4 is 4.74 Å². The van der Waals surface area contributed by atoms with Gasteiger partial charge in [0.1, 0.15) is 12.4 Å². The molecule has 0 spiro atoms. The van der Waals surface area contributed by atoms with Gasteiger partial charge < -0.3 is 14.3 Å². The van der Waals surface area contributed by atoms with Crippen LogP contribution in [0.1, 0.15) is 23.6 Å². The summed E-state index contributed by atoms with van der Waals surface area (Å²) in [5.74, 6) is 0.328. The van der Waals surface area contributed by atoms with Crippen LogP contribution in [-0.2, 0) is 22.4 Å². The molecule has 0 atom stereocenters. The number of nitrogens with one attached hydrogen (secondary N) is 2. The highest BCUT2D eigenvalue weighted by Gasteiger charge is 2.29. The van der Waals surface area contributed by atoms with E-state index in [-0.39, 0.29) is 19.1 Å². The van der Waals surface area contributed by atoms with Crippen LogP contribution in [0.5, 0.6) is 5.75 Å². The van der Waals surface area contributed by atoms with Gasteiger partial charge in [0.25, 0.3) is 0 Å². The molecule has 2 rings (SSSR count). The van der Waals surface area contributed by atoms with Gasteiger partial charge in [0.15, 0.2) is 13.0 Å². The van der Waals surface area contributed by atoms with Gasteiger partial charge >= 0.3 is 6.18 Å². The van der Waals surface area contributed by atoms with Crippen LogP contribution in [0, 0.1) is 10.8 Å². The van der Waals surface area contributed by atoms with Gasteiger partial charge in [-0.2, -0.15) is 13.2 Å². The van der Waals surface area contributed by atoms with Gasteiger partial charge in [-0.05, 0) is 54.4 Å². The minimum Gasteiger partial charge on any atom is -0.484 e. The summed E-state index contributed by atoms with van der Waals surface area (Å²) >= 11 is 0. The average Bonchev–Trinajstić information content (AvgIpc) is 2.66. The van der Waals surface area contributed by atoms with Crippen LogP contribution >= 0.6 is 0 Å². The monoisotopic (exact) mass is 393 g/mol. The molecule has 2 N–H and O–H groups in total. The number of oxime groups is 1. The van der Waals surface area contributed by atoms with Gasteiger partial charge in [-0.3, -0.25) is 10.8 Å². The molecule has 0 unspecified atom stereocenters. The zero-order chi connectivity index (χ0) is 20.6. The highest BCUT2D eigenvalue weighted by molar-refractivity contribution is 5.98. The van der Waals surface area contributed by atoms with Crippen LogP contribution in [-0.4, -0.2) is 24.6 Å². The first kappa shape index (κ1) is 20.9. The number of alkyl halides is 3. The summed E-state index contributed by atoms with van der Waals surface area (Å²) in [6.45, 7) is 1.68. The third kappa shape index (κ3) is 6.42. The van der Waals surface area contributed by atoms with Gasteiger partial charge in [0.05, 0.1) is 11.3 Å². The molecular formula is C19H18F3N3O3. The largest absolute Gasteiger partial charge is 0.484 e. The lowest BCUT2D eigenvalue weighted by Gasteiger charge is -2.08. The second-order valence-corrected chi connectivity index (χ2v) is 5.62. The summed E-state index contributed by atoms with van der Waals surface area (Å²) < 4.78 is 47.4. The van der Waals surface area contributed by atoms with E-state index in [0.29, 0.717) is 23.4 Å². The smallest absolute Gasteiger partial charge is 0.416 e. The first-order chi connectivity index (χ1) is 13.3. The molecule has 9 heteroatoms. The number of benzene rings is 2. The molecule has 0 heterocycles. The molecule has 0 radical (unpaired) electrons. The molecule has 0 amide bonds. The van der Waals surface area contributed by atoms with Crippen molar-refractivity contribution in [1.82, 2.24) is 0 Å². The van der Waals surface area contributed by atoms with Crippen molar-refractivity contribution in [2.24, 2.45) is 5.16 Å². The van der Waals surface area contributed by atoms with Crippen LogP contribution in [0.3, 0.4) is 0 Å². The van der Waals surface area contributed by atoms with Crippen molar-refractivity contribution >= 4 is 18.0 Å². The van der Waals surface area contributed by atoms with Crippen LogP contribution in [0.2, 0.25) is 0 Å². The summed E-state index contributed by atoms with van der Waals surface area (Å²) in [7, 11) is 0. The van der Waals surface area contributed by atoms with Gasteiger partial charge in [0.2, 0.25) is 5.90 Å². The molecule has 0 aromatic heterocycles. The Morgan fingerprint density at radius 1 is 1.07 bits per heavy atom. The summed E-state index contributed by atoms with van der Waals surface area (Å²) in [4.78, 5) is 5.21. The molecule has 2 aromatic rings. The van der Waals surface area contributed by atoms with E-state index >= 15 is 0 Å². The summed E-state index contributed by atoms with van der Waals surface area (Å²) in [6, 6.07) is 11.6. The fourth-order valence-electron chi connectivity index (χ4n) is 2.09. The first-order valence-corrected chi connectivity index (χ1v) is 8.08. The van der Waals surface area contributed by atoms with E-state index in [0.717, 1.165) is 17.7 Å². The number of hydrogen-bond donors (Lipinski definition) is 2. The Morgan fingerprint density at radius 3 is 2.29 bits per heavy atom. The number of halogens is 3. The molecule has 0 fully saturated rings. The maximum atomic E-state index is 12.5. The highest BCUT2D eigenvalue weighted by atomic mass is 19.4. The molecule has 28 heavy (non-hydrogen) atoms. The SMILES string of the molecule is C/C(=N\OCc1ccc(C(F)(F)F)cc1)c1ccc(OCC(=N)OC=N)cc1. The van der Waals surface area contributed by atoms with Gasteiger partial charge in [-0.1, -0.05) is 17.3 Å². The van der Waals surface area contributed by atoms with Gasteiger partial charge in [-0.25, -0.2) is 0 Å². The Labute approximate surface area is 159 Å². The molecule has 0 saturated heterocycles.